The summed E-state index contributed by atoms with van der Waals surface area (Å²) in [4.78, 5) is 36.5. The third-order valence-corrected chi connectivity index (χ3v) is 5.71. The Balaban J connectivity index is 2.28. The summed E-state index contributed by atoms with van der Waals surface area (Å²) >= 11 is 0.647. The molecule has 2 aromatic rings. The summed E-state index contributed by atoms with van der Waals surface area (Å²) in [5, 5.41) is 9.56. The molecule has 0 radical (unpaired) electrons. The molecule has 0 bridgehead atoms. The number of aromatic nitrogens is 1. The normalized spacial score (nSPS) is 11.2. The molecule has 0 aliphatic heterocycles. The van der Waals surface area contributed by atoms with Crippen LogP contribution in [0.2, 0.25) is 0 Å². The first-order chi connectivity index (χ1) is 10.7. The molecule has 0 saturated carbocycles. The SMILES string of the molecule is O=C(O)C(=O)CC(=O)c1csc(S(=O)(=O)c2ccc(F)cc2)n1. The number of hydrogen-bond donors (Lipinski definition) is 1. The van der Waals surface area contributed by atoms with Gasteiger partial charge in [-0.25, -0.2) is 22.6 Å². The van der Waals surface area contributed by atoms with Crippen molar-refractivity contribution in [1.82, 2.24) is 4.98 Å². The van der Waals surface area contributed by atoms with Crippen LogP contribution in [0.3, 0.4) is 0 Å². The van der Waals surface area contributed by atoms with Crippen LogP contribution in [0.5, 0.6) is 0 Å². The summed E-state index contributed by atoms with van der Waals surface area (Å²) in [7, 11) is -4.03. The number of sulfone groups is 1. The van der Waals surface area contributed by atoms with Crippen molar-refractivity contribution in [2.24, 2.45) is 0 Å². The van der Waals surface area contributed by atoms with Gasteiger partial charge >= 0.3 is 5.97 Å². The molecular formula is C13H8FNO6S2. The van der Waals surface area contributed by atoms with Crippen LogP contribution in [0.15, 0.2) is 38.9 Å². The Labute approximate surface area is 133 Å². The Kier molecular flexibility index (Phi) is 4.66. The molecule has 1 aromatic carbocycles. The van der Waals surface area contributed by atoms with E-state index >= 15 is 0 Å². The van der Waals surface area contributed by atoms with E-state index in [1.807, 2.05) is 0 Å². The van der Waals surface area contributed by atoms with Crippen molar-refractivity contribution in [2.45, 2.75) is 15.7 Å². The van der Waals surface area contributed by atoms with E-state index in [1.54, 1.807) is 0 Å². The van der Waals surface area contributed by atoms with Gasteiger partial charge < -0.3 is 5.11 Å². The highest BCUT2D eigenvalue weighted by molar-refractivity contribution is 7.93. The Morgan fingerprint density at radius 3 is 2.35 bits per heavy atom. The first-order valence-corrected chi connectivity index (χ1v) is 8.33. The molecule has 0 atom stereocenters. The molecule has 23 heavy (non-hydrogen) atoms. The van der Waals surface area contributed by atoms with Gasteiger partial charge in [0.05, 0.1) is 11.3 Å². The van der Waals surface area contributed by atoms with E-state index in [4.69, 9.17) is 5.11 Å². The lowest BCUT2D eigenvalue weighted by atomic mass is 10.2. The lowest BCUT2D eigenvalue weighted by Crippen LogP contribution is -2.17. The molecule has 0 spiro atoms. The van der Waals surface area contributed by atoms with Crippen molar-refractivity contribution in [1.29, 1.82) is 0 Å². The number of carbonyl (C=O) groups excluding carboxylic acids is 2. The Morgan fingerprint density at radius 1 is 1.17 bits per heavy atom. The molecule has 0 aliphatic carbocycles. The van der Waals surface area contributed by atoms with Crippen LogP contribution in [0.25, 0.3) is 0 Å². The molecule has 120 valence electrons. The molecule has 0 saturated heterocycles. The van der Waals surface area contributed by atoms with Crippen molar-refractivity contribution in [2.75, 3.05) is 0 Å². The number of thiazole rings is 1. The highest BCUT2D eigenvalue weighted by atomic mass is 32.2. The number of nitrogens with zero attached hydrogens (tertiary/aromatic N) is 1. The largest absolute Gasteiger partial charge is 0.475 e. The maximum atomic E-state index is 12.8. The number of aliphatic carboxylic acids is 1. The van der Waals surface area contributed by atoms with Crippen molar-refractivity contribution in [3.63, 3.8) is 0 Å². The lowest BCUT2D eigenvalue weighted by molar-refractivity contribution is -0.148. The zero-order valence-electron chi connectivity index (χ0n) is 11.2. The summed E-state index contributed by atoms with van der Waals surface area (Å²) in [6, 6.07) is 4.05. The molecule has 2 rings (SSSR count). The van der Waals surface area contributed by atoms with Crippen LogP contribution in [-0.4, -0.2) is 36.0 Å². The van der Waals surface area contributed by atoms with Gasteiger partial charge in [-0.05, 0) is 24.3 Å². The molecule has 0 amide bonds. The molecule has 0 aliphatic rings. The van der Waals surface area contributed by atoms with Crippen molar-refractivity contribution in [3.8, 4) is 0 Å². The molecule has 0 unspecified atom stereocenters. The van der Waals surface area contributed by atoms with E-state index in [2.05, 4.69) is 4.98 Å². The van der Waals surface area contributed by atoms with Crippen molar-refractivity contribution >= 4 is 38.7 Å². The standard InChI is InChI=1S/C13H8FNO6S2/c14-7-1-3-8(4-2-7)23(20,21)13-15-9(6-22-13)10(16)5-11(17)12(18)19/h1-4,6H,5H2,(H,18,19). The molecule has 1 aromatic heterocycles. The zero-order chi connectivity index (χ0) is 17.2. The predicted molar refractivity (Wildman–Crippen MR) is 75.6 cm³/mol. The van der Waals surface area contributed by atoms with Gasteiger partial charge in [-0.1, -0.05) is 0 Å². The number of carboxylic acid groups (broad SMARTS) is 1. The summed E-state index contributed by atoms with van der Waals surface area (Å²) < 4.78 is 37.0. The second kappa shape index (κ2) is 6.34. The van der Waals surface area contributed by atoms with E-state index in [-0.39, 0.29) is 10.6 Å². The number of Topliss-reactive ketones (excluding diaryl/α,β-unsaturated/α-hetero) is 2. The number of rotatable bonds is 6. The fourth-order valence-electron chi connectivity index (χ4n) is 1.54. The Hall–Kier alpha value is -2.46. The number of carboxylic acids is 1. The minimum atomic E-state index is -4.03. The number of hydrogen-bond acceptors (Lipinski definition) is 7. The van der Waals surface area contributed by atoms with Crippen molar-refractivity contribution in [3.05, 3.63) is 41.2 Å². The zero-order valence-corrected chi connectivity index (χ0v) is 12.9. The Morgan fingerprint density at radius 2 is 1.78 bits per heavy atom. The van der Waals surface area contributed by atoms with Crippen LogP contribution >= 0.6 is 11.3 Å². The molecule has 0 fully saturated rings. The summed E-state index contributed by atoms with van der Waals surface area (Å²) in [6.45, 7) is 0. The van der Waals surface area contributed by atoms with Crippen LogP contribution in [0.1, 0.15) is 16.9 Å². The van der Waals surface area contributed by atoms with Crippen LogP contribution in [0, 0.1) is 5.82 Å². The third kappa shape index (κ3) is 3.66. The quantitative estimate of drug-likeness (QED) is 0.359. The van der Waals surface area contributed by atoms with Crippen molar-refractivity contribution < 1.29 is 32.3 Å². The number of benzene rings is 1. The second-order valence-corrected chi connectivity index (χ2v) is 7.27. The maximum absolute atomic E-state index is 12.8. The van der Waals surface area contributed by atoms with Gasteiger partial charge in [-0.2, -0.15) is 0 Å². The number of halogens is 1. The van der Waals surface area contributed by atoms with E-state index in [1.165, 1.54) is 0 Å². The van der Waals surface area contributed by atoms with Gasteiger partial charge in [-0.3, -0.25) is 9.59 Å². The van der Waals surface area contributed by atoms with Gasteiger partial charge in [0.25, 0.3) is 0 Å². The van der Waals surface area contributed by atoms with Crippen LogP contribution in [0.4, 0.5) is 4.39 Å². The van der Waals surface area contributed by atoms with Gasteiger partial charge in [0.15, 0.2) is 5.78 Å². The van der Waals surface area contributed by atoms with E-state index in [9.17, 15) is 27.2 Å². The Bertz CT molecular complexity index is 885. The third-order valence-electron chi connectivity index (χ3n) is 2.68. The first kappa shape index (κ1) is 16.9. The predicted octanol–water partition coefficient (Wildman–Crippen LogP) is 1.34. The molecule has 10 heteroatoms. The van der Waals surface area contributed by atoms with Gasteiger partial charge in [0.2, 0.25) is 20.0 Å². The van der Waals surface area contributed by atoms with Crippen LogP contribution in [-0.2, 0) is 19.4 Å². The van der Waals surface area contributed by atoms with E-state index in [0.29, 0.717) is 11.3 Å². The molecule has 1 N–H and O–H groups in total. The number of ketones is 2. The van der Waals surface area contributed by atoms with E-state index < -0.39 is 44.0 Å². The highest BCUT2D eigenvalue weighted by Gasteiger charge is 2.25. The summed E-state index contributed by atoms with van der Waals surface area (Å²) in [5.74, 6) is -4.57. The topological polar surface area (TPSA) is 118 Å². The smallest absolute Gasteiger partial charge is 0.372 e. The van der Waals surface area contributed by atoms with Gasteiger partial charge in [-0.15, -0.1) is 11.3 Å². The van der Waals surface area contributed by atoms with Gasteiger partial charge in [0.1, 0.15) is 11.5 Å². The minimum Gasteiger partial charge on any atom is -0.475 e. The lowest BCUT2D eigenvalue weighted by Gasteiger charge is -2.00. The monoisotopic (exact) mass is 357 g/mol. The summed E-state index contributed by atoms with van der Waals surface area (Å²) in [6.07, 6.45) is -0.908. The van der Waals surface area contributed by atoms with Gasteiger partial charge in [0, 0.05) is 5.38 Å². The minimum absolute atomic E-state index is 0.200. The second-order valence-electron chi connectivity index (χ2n) is 4.28. The molecular weight excluding hydrogens is 349 g/mol. The maximum Gasteiger partial charge on any atom is 0.372 e. The first-order valence-electron chi connectivity index (χ1n) is 5.97. The fourth-order valence-corrected chi connectivity index (χ4v) is 3.94. The molecule has 7 nitrogen and oxygen atoms in total. The van der Waals surface area contributed by atoms with Crippen LogP contribution < -0.4 is 0 Å². The average Bonchev–Trinajstić information content (AvgIpc) is 2.98. The molecule has 1 heterocycles. The number of carbonyl (C=O) groups is 3. The highest BCUT2D eigenvalue weighted by Crippen LogP contribution is 2.24. The fraction of sp³-hybridized carbons (Fsp3) is 0.0769. The average molecular weight is 357 g/mol. The van der Waals surface area contributed by atoms with E-state index in [0.717, 1.165) is 29.6 Å². The summed E-state index contributed by atoms with van der Waals surface area (Å²) in [5.41, 5.74) is -0.315.